The third-order valence-corrected chi connectivity index (χ3v) is 3.91. The van der Waals surface area contributed by atoms with Crippen LogP contribution in [0.1, 0.15) is 17.5 Å². The van der Waals surface area contributed by atoms with Crippen LogP contribution in [0.4, 0.5) is 20.2 Å². The Kier molecular flexibility index (Phi) is 3.78. The molecule has 3 rings (SSSR count). The van der Waals surface area contributed by atoms with Gasteiger partial charge in [-0.15, -0.1) is 0 Å². The normalized spacial score (nSPS) is 14.0. The molecule has 0 radical (unpaired) electrons. The van der Waals surface area contributed by atoms with Crippen molar-refractivity contribution in [2.45, 2.75) is 19.4 Å². The van der Waals surface area contributed by atoms with Gasteiger partial charge in [-0.3, -0.25) is 0 Å². The van der Waals surface area contributed by atoms with Crippen molar-refractivity contribution < 1.29 is 8.78 Å². The Balaban J connectivity index is 1.73. The first-order chi connectivity index (χ1) is 10.1. The third kappa shape index (κ3) is 2.99. The lowest BCUT2D eigenvalue weighted by Crippen LogP contribution is -2.24. The molecule has 110 valence electrons. The van der Waals surface area contributed by atoms with Gasteiger partial charge in [-0.1, -0.05) is 12.1 Å². The van der Waals surface area contributed by atoms with E-state index in [0.29, 0.717) is 12.2 Å². The highest BCUT2D eigenvalue weighted by atomic mass is 19.1. The monoisotopic (exact) mass is 288 g/mol. The van der Waals surface area contributed by atoms with Crippen molar-refractivity contribution in [2.75, 3.05) is 23.8 Å². The van der Waals surface area contributed by atoms with Gasteiger partial charge >= 0.3 is 0 Å². The number of nitrogens with zero attached hydrogens (tertiary/aromatic N) is 1. The predicted molar refractivity (Wildman–Crippen MR) is 81.7 cm³/mol. The zero-order chi connectivity index (χ0) is 14.8. The molecule has 0 bridgehead atoms. The maximum Gasteiger partial charge on any atom is 0.149 e. The second-order valence-corrected chi connectivity index (χ2v) is 5.47. The van der Waals surface area contributed by atoms with Gasteiger partial charge in [-0.05, 0) is 42.2 Å². The van der Waals surface area contributed by atoms with Gasteiger partial charge in [0.15, 0.2) is 0 Å². The molecule has 1 aliphatic rings. The minimum absolute atomic E-state index is 0.325. The molecule has 2 aromatic rings. The number of aryl methyl sites for hydroxylation is 1. The predicted octanol–water partition coefficient (Wildman–Crippen LogP) is 3.96. The minimum atomic E-state index is -0.562. The highest BCUT2D eigenvalue weighted by Crippen LogP contribution is 2.27. The van der Waals surface area contributed by atoms with Crippen molar-refractivity contribution in [2.24, 2.45) is 0 Å². The lowest BCUT2D eigenvalue weighted by molar-refractivity contribution is 0.585. The fourth-order valence-corrected chi connectivity index (χ4v) is 2.78. The van der Waals surface area contributed by atoms with E-state index in [1.165, 1.54) is 23.4 Å². The molecule has 0 amide bonds. The Bertz CT molecular complexity index is 655. The topological polar surface area (TPSA) is 15.3 Å². The van der Waals surface area contributed by atoms with E-state index in [1.54, 1.807) is 0 Å². The second-order valence-electron chi connectivity index (χ2n) is 5.47. The largest absolute Gasteiger partial charge is 0.379 e. The van der Waals surface area contributed by atoms with Crippen LogP contribution in [0.15, 0.2) is 36.4 Å². The summed E-state index contributed by atoms with van der Waals surface area (Å²) in [6.45, 7) is 1.62. The summed E-state index contributed by atoms with van der Waals surface area (Å²) >= 11 is 0. The van der Waals surface area contributed by atoms with E-state index in [-0.39, 0.29) is 0 Å². The van der Waals surface area contributed by atoms with E-state index in [2.05, 4.69) is 35.5 Å². The molecule has 0 aliphatic carbocycles. The summed E-state index contributed by atoms with van der Waals surface area (Å²) in [6.07, 6.45) is 2.24. The average Bonchev–Trinajstić information content (AvgIpc) is 2.46. The van der Waals surface area contributed by atoms with Crippen molar-refractivity contribution >= 4 is 11.4 Å². The standard InChI is InChI=1S/C17H18F2N2/c1-21-8-2-3-13-9-12(4-7-17(13)21)11-20-16-6-5-14(18)10-15(16)19/h4-7,9-10,20H,2-3,8,11H2,1H3. The SMILES string of the molecule is CN1CCCc2cc(CNc3ccc(F)cc3F)ccc21. The molecule has 2 aromatic carbocycles. The van der Waals surface area contributed by atoms with Gasteiger partial charge in [-0.2, -0.15) is 0 Å². The second kappa shape index (κ2) is 5.72. The molecule has 1 N–H and O–H groups in total. The molecule has 0 fully saturated rings. The molecule has 0 aromatic heterocycles. The zero-order valence-corrected chi connectivity index (χ0v) is 12.0. The van der Waals surface area contributed by atoms with E-state index in [4.69, 9.17) is 0 Å². The maximum atomic E-state index is 13.6. The summed E-state index contributed by atoms with van der Waals surface area (Å²) in [5, 5.41) is 3.02. The lowest BCUT2D eigenvalue weighted by Gasteiger charge is -2.27. The summed E-state index contributed by atoms with van der Waals surface area (Å²) in [7, 11) is 2.10. The van der Waals surface area contributed by atoms with Gasteiger partial charge < -0.3 is 10.2 Å². The number of fused-ring (bicyclic) bond motifs is 1. The highest BCUT2D eigenvalue weighted by molar-refractivity contribution is 5.56. The molecule has 0 spiro atoms. The molecule has 4 heteroatoms. The van der Waals surface area contributed by atoms with E-state index in [1.807, 2.05) is 0 Å². The van der Waals surface area contributed by atoms with E-state index in [0.717, 1.165) is 31.0 Å². The Morgan fingerprint density at radius 1 is 1.14 bits per heavy atom. The number of anilines is 2. The minimum Gasteiger partial charge on any atom is -0.379 e. The van der Waals surface area contributed by atoms with Gasteiger partial charge in [0, 0.05) is 31.9 Å². The maximum absolute atomic E-state index is 13.6. The molecule has 2 nitrogen and oxygen atoms in total. The molecule has 0 unspecified atom stereocenters. The smallest absolute Gasteiger partial charge is 0.149 e. The van der Waals surface area contributed by atoms with Crippen LogP contribution in [0.2, 0.25) is 0 Å². The molecule has 0 saturated heterocycles. The fourth-order valence-electron chi connectivity index (χ4n) is 2.78. The summed E-state index contributed by atoms with van der Waals surface area (Å²) in [4.78, 5) is 2.26. The molecule has 0 atom stereocenters. The van der Waals surface area contributed by atoms with E-state index < -0.39 is 11.6 Å². The fraction of sp³-hybridized carbons (Fsp3) is 0.294. The van der Waals surface area contributed by atoms with Crippen molar-refractivity contribution in [3.63, 3.8) is 0 Å². The number of hydrogen-bond acceptors (Lipinski definition) is 2. The molecule has 0 saturated carbocycles. The van der Waals surface area contributed by atoms with E-state index in [9.17, 15) is 8.78 Å². The first-order valence-corrected chi connectivity index (χ1v) is 7.15. The number of rotatable bonds is 3. The van der Waals surface area contributed by atoms with Gasteiger partial charge in [0.25, 0.3) is 0 Å². The molecular weight excluding hydrogens is 270 g/mol. The van der Waals surface area contributed by atoms with Gasteiger partial charge in [-0.25, -0.2) is 8.78 Å². The first kappa shape index (κ1) is 13.9. The van der Waals surface area contributed by atoms with Crippen molar-refractivity contribution in [3.8, 4) is 0 Å². The molecule has 21 heavy (non-hydrogen) atoms. The van der Waals surface area contributed by atoms with Gasteiger partial charge in [0.05, 0.1) is 5.69 Å². The number of halogens is 2. The molecule has 1 aliphatic heterocycles. The van der Waals surface area contributed by atoms with Crippen LogP contribution in [0.3, 0.4) is 0 Å². The van der Waals surface area contributed by atoms with Crippen LogP contribution in [0.25, 0.3) is 0 Å². The quantitative estimate of drug-likeness (QED) is 0.919. The van der Waals surface area contributed by atoms with Crippen LogP contribution in [-0.4, -0.2) is 13.6 Å². The van der Waals surface area contributed by atoms with Crippen LogP contribution in [0, 0.1) is 11.6 Å². The summed E-state index contributed by atoms with van der Waals surface area (Å²) in [5.74, 6) is -1.12. The number of nitrogens with one attached hydrogen (secondary N) is 1. The van der Waals surface area contributed by atoms with Crippen LogP contribution in [-0.2, 0) is 13.0 Å². The summed E-state index contributed by atoms with van der Waals surface area (Å²) in [6, 6.07) is 9.91. The van der Waals surface area contributed by atoms with Crippen LogP contribution in [0.5, 0.6) is 0 Å². The first-order valence-electron chi connectivity index (χ1n) is 7.15. The van der Waals surface area contributed by atoms with Crippen molar-refractivity contribution in [3.05, 3.63) is 59.2 Å². The third-order valence-electron chi connectivity index (χ3n) is 3.91. The Hall–Kier alpha value is -2.10. The van der Waals surface area contributed by atoms with Gasteiger partial charge in [0.1, 0.15) is 11.6 Å². The summed E-state index contributed by atoms with van der Waals surface area (Å²) < 4.78 is 26.4. The van der Waals surface area contributed by atoms with Crippen molar-refractivity contribution in [1.29, 1.82) is 0 Å². The Morgan fingerprint density at radius 2 is 2.00 bits per heavy atom. The highest BCUT2D eigenvalue weighted by Gasteiger charge is 2.13. The molecule has 1 heterocycles. The van der Waals surface area contributed by atoms with Crippen LogP contribution < -0.4 is 10.2 Å². The van der Waals surface area contributed by atoms with Gasteiger partial charge in [0.2, 0.25) is 0 Å². The number of hydrogen-bond donors (Lipinski definition) is 1. The van der Waals surface area contributed by atoms with E-state index >= 15 is 0 Å². The van der Waals surface area contributed by atoms with Crippen molar-refractivity contribution in [1.82, 2.24) is 0 Å². The molecular formula is C17H18F2N2. The average molecular weight is 288 g/mol. The number of benzene rings is 2. The summed E-state index contributed by atoms with van der Waals surface area (Å²) in [5.41, 5.74) is 4.04. The van der Waals surface area contributed by atoms with Crippen LogP contribution >= 0.6 is 0 Å². The Labute approximate surface area is 123 Å². The Morgan fingerprint density at radius 3 is 2.81 bits per heavy atom. The lowest BCUT2D eigenvalue weighted by atomic mass is 9.99. The zero-order valence-electron chi connectivity index (χ0n) is 12.0.